The summed E-state index contributed by atoms with van der Waals surface area (Å²) >= 11 is 6.16. The molecule has 4 rings (SSSR count). The zero-order chi connectivity index (χ0) is 19.8. The Morgan fingerprint density at radius 2 is 1.93 bits per heavy atom. The quantitative estimate of drug-likeness (QED) is 0.761. The molecule has 1 aromatic rings. The van der Waals surface area contributed by atoms with Gasteiger partial charge in [-0.05, 0) is 55.0 Å². The van der Waals surface area contributed by atoms with Gasteiger partial charge in [-0.25, -0.2) is 8.42 Å². The summed E-state index contributed by atoms with van der Waals surface area (Å²) in [4.78, 5) is 19.9. The third kappa shape index (κ3) is 3.70. The average Bonchev–Trinajstić information content (AvgIpc) is 2.68. The van der Waals surface area contributed by atoms with Crippen LogP contribution in [0, 0.1) is 0 Å². The number of amides is 1. The van der Waals surface area contributed by atoms with Crippen LogP contribution in [0.5, 0.6) is 0 Å². The van der Waals surface area contributed by atoms with Crippen LogP contribution in [0.15, 0.2) is 40.4 Å². The molecule has 1 atom stereocenters. The Hall–Kier alpha value is -1.86. The zero-order valence-corrected chi connectivity index (χ0v) is 17.2. The maximum absolute atomic E-state index is 13.7. The van der Waals surface area contributed by atoms with Crippen LogP contribution in [0.3, 0.4) is 0 Å². The molecule has 3 aliphatic rings. The van der Waals surface area contributed by atoms with Gasteiger partial charge < -0.3 is 10.2 Å². The number of hydrogen-bond donors (Lipinski definition) is 1. The fraction of sp³-hybridized carbons (Fsp3) is 0.500. The Labute approximate surface area is 170 Å². The summed E-state index contributed by atoms with van der Waals surface area (Å²) in [6.45, 7) is 1.07. The van der Waals surface area contributed by atoms with Crippen molar-refractivity contribution in [2.24, 2.45) is 4.99 Å². The van der Waals surface area contributed by atoms with Gasteiger partial charge in [0, 0.05) is 30.0 Å². The molecule has 6 nitrogen and oxygen atoms in total. The monoisotopic (exact) mass is 421 g/mol. The lowest BCUT2D eigenvalue weighted by atomic mass is 9.76. The maximum Gasteiger partial charge on any atom is 0.258 e. The second kappa shape index (κ2) is 7.52. The number of carbonyl (C=O) groups is 1. The number of nitrogens with one attached hydrogen (secondary N) is 1. The first-order chi connectivity index (χ1) is 13.4. The van der Waals surface area contributed by atoms with Gasteiger partial charge >= 0.3 is 0 Å². The average molecular weight is 422 g/mol. The second-order valence-electron chi connectivity index (χ2n) is 7.65. The predicted molar refractivity (Wildman–Crippen MR) is 112 cm³/mol. The van der Waals surface area contributed by atoms with E-state index in [0.29, 0.717) is 11.6 Å². The molecule has 1 N–H and O–H groups in total. The number of anilines is 1. The van der Waals surface area contributed by atoms with E-state index in [1.807, 2.05) is 12.1 Å². The Bertz CT molecular complexity index is 943. The molecule has 1 amide bonds. The van der Waals surface area contributed by atoms with Crippen LogP contribution in [-0.2, 0) is 14.6 Å². The van der Waals surface area contributed by atoms with Crippen molar-refractivity contribution in [3.8, 4) is 0 Å². The lowest BCUT2D eigenvalue weighted by molar-refractivity contribution is -0.132. The summed E-state index contributed by atoms with van der Waals surface area (Å²) in [5.41, 5.74) is 1.99. The van der Waals surface area contributed by atoms with Gasteiger partial charge in [0.2, 0.25) is 0 Å². The van der Waals surface area contributed by atoms with Crippen molar-refractivity contribution in [3.05, 3.63) is 40.4 Å². The number of hydrogen-bond acceptors (Lipinski definition) is 5. The summed E-state index contributed by atoms with van der Waals surface area (Å²) < 4.78 is 23.7. The van der Waals surface area contributed by atoms with E-state index in [0.717, 1.165) is 36.9 Å². The highest BCUT2D eigenvalue weighted by atomic mass is 35.5. The molecule has 1 saturated heterocycles. The molecule has 1 aliphatic carbocycles. The molecule has 28 heavy (non-hydrogen) atoms. The first-order valence-electron chi connectivity index (χ1n) is 9.65. The summed E-state index contributed by atoms with van der Waals surface area (Å²) in [5, 5.41) is 4.01. The summed E-state index contributed by atoms with van der Waals surface area (Å²) in [5.74, 6) is -0.107. The van der Waals surface area contributed by atoms with Gasteiger partial charge in [0.05, 0.1) is 18.1 Å². The van der Waals surface area contributed by atoms with E-state index in [4.69, 9.17) is 11.6 Å². The normalized spacial score (nSPS) is 26.7. The number of dihydropyridines is 1. The molecule has 2 aliphatic heterocycles. The molecule has 0 saturated carbocycles. The highest BCUT2D eigenvalue weighted by molar-refractivity contribution is 7.91. The van der Waals surface area contributed by atoms with E-state index in [9.17, 15) is 13.2 Å². The summed E-state index contributed by atoms with van der Waals surface area (Å²) in [6, 6.07) is 7.30. The van der Waals surface area contributed by atoms with Crippen molar-refractivity contribution in [1.29, 1.82) is 0 Å². The van der Waals surface area contributed by atoms with Gasteiger partial charge in [-0.1, -0.05) is 17.7 Å². The second-order valence-corrected chi connectivity index (χ2v) is 10.4. The van der Waals surface area contributed by atoms with Crippen molar-refractivity contribution in [3.63, 3.8) is 0 Å². The number of carbonyl (C=O) groups excluding carboxylic acids is 1. The van der Waals surface area contributed by atoms with Crippen LogP contribution in [-0.4, -0.2) is 62.1 Å². The molecule has 2 heterocycles. The van der Waals surface area contributed by atoms with E-state index in [2.05, 4.69) is 10.3 Å². The summed E-state index contributed by atoms with van der Waals surface area (Å²) in [7, 11) is -3.06. The molecule has 1 fully saturated rings. The largest absolute Gasteiger partial charge is 0.363 e. The molecule has 0 radical (unpaired) electrons. The molecule has 1 unspecified atom stereocenters. The minimum absolute atomic E-state index is 0.00896. The van der Waals surface area contributed by atoms with Crippen molar-refractivity contribution < 1.29 is 13.2 Å². The van der Waals surface area contributed by atoms with E-state index in [1.165, 1.54) is 5.57 Å². The Balaban J connectivity index is 1.73. The van der Waals surface area contributed by atoms with Crippen molar-refractivity contribution in [1.82, 2.24) is 4.90 Å². The SMILES string of the molecule is O=C(N1CCS(=O)(=O)CC1)C1(Nc2cccc(Cl)c2)C=NCC2=C1CCCC2. The molecular weight excluding hydrogens is 398 g/mol. The smallest absolute Gasteiger partial charge is 0.258 e. The molecule has 0 aromatic heterocycles. The van der Waals surface area contributed by atoms with Gasteiger partial charge in [-0.15, -0.1) is 0 Å². The van der Waals surface area contributed by atoms with Crippen LogP contribution >= 0.6 is 11.6 Å². The standard InChI is InChI=1S/C20H24ClN3O3S/c21-16-5-3-6-17(12-16)23-20(14-22-13-15-4-1-2-7-18(15)20)19(25)24-8-10-28(26,27)11-9-24/h3,5-6,12,14,23H,1-2,4,7-11,13H2. The van der Waals surface area contributed by atoms with Crippen molar-refractivity contribution in [2.45, 2.75) is 31.2 Å². The lowest BCUT2D eigenvalue weighted by Crippen LogP contribution is -2.60. The van der Waals surface area contributed by atoms with E-state index >= 15 is 0 Å². The first-order valence-corrected chi connectivity index (χ1v) is 11.9. The number of aliphatic imine (C=N–C) groups is 1. The fourth-order valence-corrected chi connectivity index (χ4v) is 5.68. The van der Waals surface area contributed by atoms with Gasteiger partial charge in [0.25, 0.3) is 5.91 Å². The minimum atomic E-state index is -3.06. The maximum atomic E-state index is 13.7. The van der Waals surface area contributed by atoms with Crippen LogP contribution in [0.1, 0.15) is 25.7 Å². The van der Waals surface area contributed by atoms with Crippen LogP contribution in [0.25, 0.3) is 0 Å². The molecular formula is C20H24ClN3O3S. The third-order valence-corrected chi connectivity index (χ3v) is 7.60. The molecule has 0 spiro atoms. The zero-order valence-electron chi connectivity index (χ0n) is 15.7. The van der Waals surface area contributed by atoms with Gasteiger partial charge in [0.15, 0.2) is 15.4 Å². The minimum Gasteiger partial charge on any atom is -0.363 e. The van der Waals surface area contributed by atoms with E-state index in [-0.39, 0.29) is 30.5 Å². The Morgan fingerprint density at radius 1 is 1.18 bits per heavy atom. The highest BCUT2D eigenvalue weighted by Gasteiger charge is 2.47. The first kappa shape index (κ1) is 19.5. The Kier molecular flexibility index (Phi) is 5.22. The van der Waals surface area contributed by atoms with Gasteiger partial charge in [-0.2, -0.15) is 0 Å². The number of rotatable bonds is 3. The number of benzene rings is 1. The predicted octanol–water partition coefficient (Wildman–Crippen LogP) is 2.70. The van der Waals surface area contributed by atoms with Crippen molar-refractivity contribution in [2.75, 3.05) is 36.5 Å². The fourth-order valence-electron chi connectivity index (χ4n) is 4.29. The molecule has 150 valence electrons. The number of nitrogens with zero attached hydrogens (tertiary/aromatic N) is 2. The van der Waals surface area contributed by atoms with Crippen LogP contribution in [0.4, 0.5) is 5.69 Å². The van der Waals surface area contributed by atoms with Crippen molar-refractivity contribution >= 4 is 39.2 Å². The van der Waals surface area contributed by atoms with E-state index < -0.39 is 15.4 Å². The highest BCUT2D eigenvalue weighted by Crippen LogP contribution is 2.38. The van der Waals surface area contributed by atoms with Gasteiger partial charge in [0.1, 0.15) is 0 Å². The lowest BCUT2D eigenvalue weighted by Gasteiger charge is -2.42. The number of halogens is 1. The van der Waals surface area contributed by atoms with E-state index in [1.54, 1.807) is 23.2 Å². The van der Waals surface area contributed by atoms with Crippen LogP contribution in [0.2, 0.25) is 5.02 Å². The molecule has 8 heteroatoms. The molecule has 0 bridgehead atoms. The molecule has 1 aromatic carbocycles. The van der Waals surface area contributed by atoms with Gasteiger partial charge in [-0.3, -0.25) is 9.79 Å². The summed E-state index contributed by atoms with van der Waals surface area (Å²) in [6.07, 6.45) is 5.66. The van der Waals surface area contributed by atoms with Crippen LogP contribution < -0.4 is 5.32 Å². The topological polar surface area (TPSA) is 78.8 Å². The third-order valence-electron chi connectivity index (χ3n) is 5.76. The Morgan fingerprint density at radius 3 is 2.68 bits per heavy atom. The number of sulfone groups is 1.